The third-order valence-corrected chi connectivity index (χ3v) is 3.26. The Balaban J connectivity index is 1.91. The highest BCUT2D eigenvalue weighted by molar-refractivity contribution is 7.99. The Morgan fingerprint density at radius 3 is 3.23 bits per heavy atom. The number of nitrogens with one attached hydrogen (secondary N) is 1. The molecule has 1 aromatic rings. The molecular formula is C8H11N3OS. The van der Waals surface area contributed by atoms with E-state index in [1.54, 1.807) is 11.8 Å². The maximum atomic E-state index is 11.1. The number of Topliss-reactive ketones (excluding diaryl/α,β-unsaturated/α-hetero) is 1. The third-order valence-electron chi connectivity index (χ3n) is 2.11. The van der Waals surface area contributed by atoms with Crippen LogP contribution >= 0.6 is 11.8 Å². The van der Waals surface area contributed by atoms with Gasteiger partial charge in [0.25, 0.3) is 0 Å². The third kappa shape index (κ3) is 2.30. The number of ketones is 1. The van der Waals surface area contributed by atoms with E-state index in [0.29, 0.717) is 17.5 Å². The maximum Gasteiger partial charge on any atom is 0.183 e. The molecule has 0 saturated heterocycles. The van der Waals surface area contributed by atoms with Crippen molar-refractivity contribution in [1.82, 2.24) is 15.2 Å². The molecule has 1 aliphatic rings. The van der Waals surface area contributed by atoms with E-state index in [2.05, 4.69) is 15.2 Å². The first kappa shape index (κ1) is 8.74. The molecule has 0 radical (unpaired) electrons. The van der Waals surface area contributed by atoms with Crippen molar-refractivity contribution in [1.29, 1.82) is 0 Å². The van der Waals surface area contributed by atoms with Gasteiger partial charge in [-0.1, -0.05) is 11.8 Å². The van der Waals surface area contributed by atoms with E-state index in [4.69, 9.17) is 0 Å². The Bertz CT molecular complexity index is 286. The van der Waals surface area contributed by atoms with E-state index >= 15 is 0 Å². The lowest BCUT2D eigenvalue weighted by Crippen LogP contribution is -2.16. The van der Waals surface area contributed by atoms with Gasteiger partial charge >= 0.3 is 0 Å². The summed E-state index contributed by atoms with van der Waals surface area (Å²) in [5.41, 5.74) is 0. The number of carbonyl (C=O) groups excluding carboxylic acids is 1. The van der Waals surface area contributed by atoms with Crippen molar-refractivity contribution in [3.63, 3.8) is 0 Å². The first-order chi connectivity index (χ1) is 6.34. The molecular weight excluding hydrogens is 186 g/mol. The molecule has 1 N–H and O–H groups in total. The van der Waals surface area contributed by atoms with Crippen molar-refractivity contribution in [3.8, 4) is 0 Å². The monoisotopic (exact) mass is 197 g/mol. The molecule has 5 heteroatoms. The quantitative estimate of drug-likeness (QED) is 0.778. The van der Waals surface area contributed by atoms with E-state index < -0.39 is 0 Å². The Morgan fingerprint density at radius 2 is 2.54 bits per heavy atom. The van der Waals surface area contributed by atoms with Crippen LogP contribution in [0.4, 0.5) is 0 Å². The first-order valence-corrected chi connectivity index (χ1v) is 5.26. The molecule has 70 valence electrons. The van der Waals surface area contributed by atoms with Crippen molar-refractivity contribution in [2.24, 2.45) is 0 Å². The average Bonchev–Trinajstić information content (AvgIpc) is 2.57. The summed E-state index contributed by atoms with van der Waals surface area (Å²) in [6, 6.07) is 0. The summed E-state index contributed by atoms with van der Waals surface area (Å²) in [5.74, 6) is 0.378. The van der Waals surface area contributed by atoms with Gasteiger partial charge in [0, 0.05) is 18.1 Å². The van der Waals surface area contributed by atoms with E-state index in [9.17, 15) is 4.79 Å². The van der Waals surface area contributed by atoms with E-state index in [-0.39, 0.29) is 0 Å². The maximum absolute atomic E-state index is 11.1. The summed E-state index contributed by atoms with van der Waals surface area (Å²) in [6.45, 7) is 0. The Hall–Kier alpha value is -0.840. The fourth-order valence-corrected chi connectivity index (χ4v) is 2.58. The van der Waals surface area contributed by atoms with Gasteiger partial charge < -0.3 is 0 Å². The molecule has 0 amide bonds. The Kier molecular flexibility index (Phi) is 2.63. The van der Waals surface area contributed by atoms with Gasteiger partial charge in [-0.2, -0.15) is 5.10 Å². The number of H-pyrrole nitrogens is 1. The predicted octanol–water partition coefficient (Wildman–Crippen LogP) is 1.41. The molecule has 4 nitrogen and oxygen atoms in total. The molecule has 1 aromatic heterocycles. The Labute approximate surface area is 80.5 Å². The normalized spacial score (nSPS) is 23.4. The van der Waals surface area contributed by atoms with Crippen molar-refractivity contribution in [2.45, 2.75) is 36.1 Å². The number of aromatic nitrogens is 3. The van der Waals surface area contributed by atoms with Crippen molar-refractivity contribution in [2.75, 3.05) is 0 Å². The predicted molar refractivity (Wildman–Crippen MR) is 49.5 cm³/mol. The summed E-state index contributed by atoms with van der Waals surface area (Å²) in [7, 11) is 0. The zero-order valence-corrected chi connectivity index (χ0v) is 8.01. The van der Waals surface area contributed by atoms with Crippen LogP contribution in [0.1, 0.15) is 25.7 Å². The number of aromatic amines is 1. The SMILES string of the molecule is O=C1CCCC(Sc2ncn[nH]2)C1. The van der Waals surface area contributed by atoms with Gasteiger partial charge in [-0.3, -0.25) is 9.89 Å². The summed E-state index contributed by atoms with van der Waals surface area (Å²) in [5, 5.41) is 7.77. The number of hydrogen-bond donors (Lipinski definition) is 1. The van der Waals surface area contributed by atoms with Crippen LogP contribution in [0, 0.1) is 0 Å². The summed E-state index contributed by atoms with van der Waals surface area (Å²) in [4.78, 5) is 15.2. The second-order valence-electron chi connectivity index (χ2n) is 3.17. The van der Waals surface area contributed by atoms with Gasteiger partial charge in [0.1, 0.15) is 12.1 Å². The fourth-order valence-electron chi connectivity index (χ4n) is 1.49. The first-order valence-electron chi connectivity index (χ1n) is 4.38. The number of hydrogen-bond acceptors (Lipinski definition) is 4. The lowest BCUT2D eigenvalue weighted by molar-refractivity contribution is -0.120. The van der Waals surface area contributed by atoms with E-state index in [1.165, 1.54) is 6.33 Å². The lowest BCUT2D eigenvalue weighted by atomic mass is 9.99. The summed E-state index contributed by atoms with van der Waals surface area (Å²) in [6.07, 6.45) is 5.06. The van der Waals surface area contributed by atoms with Gasteiger partial charge in [0.05, 0.1) is 0 Å². The highest BCUT2D eigenvalue weighted by atomic mass is 32.2. The zero-order chi connectivity index (χ0) is 9.10. The minimum Gasteiger partial charge on any atom is -0.300 e. The smallest absolute Gasteiger partial charge is 0.183 e. The summed E-state index contributed by atoms with van der Waals surface area (Å²) < 4.78 is 0. The van der Waals surface area contributed by atoms with Crippen LogP contribution in [0.2, 0.25) is 0 Å². The minimum atomic E-state index is 0.378. The topological polar surface area (TPSA) is 58.6 Å². The average molecular weight is 197 g/mol. The van der Waals surface area contributed by atoms with Gasteiger partial charge in [-0.25, -0.2) is 4.98 Å². The highest BCUT2D eigenvalue weighted by Crippen LogP contribution is 2.29. The van der Waals surface area contributed by atoms with Crippen molar-refractivity contribution in [3.05, 3.63) is 6.33 Å². The Morgan fingerprint density at radius 1 is 1.62 bits per heavy atom. The summed E-state index contributed by atoms with van der Waals surface area (Å²) >= 11 is 1.62. The number of nitrogens with zero attached hydrogens (tertiary/aromatic N) is 2. The largest absolute Gasteiger partial charge is 0.300 e. The van der Waals surface area contributed by atoms with Crippen LogP contribution in [-0.4, -0.2) is 26.2 Å². The number of thioether (sulfide) groups is 1. The van der Waals surface area contributed by atoms with Gasteiger partial charge in [-0.05, 0) is 12.8 Å². The van der Waals surface area contributed by atoms with Gasteiger partial charge in [-0.15, -0.1) is 0 Å². The second kappa shape index (κ2) is 3.91. The molecule has 1 fully saturated rings. The second-order valence-corrected chi connectivity index (χ2v) is 4.45. The molecule has 1 aliphatic carbocycles. The molecule has 2 rings (SSSR count). The lowest BCUT2D eigenvalue weighted by Gasteiger charge is -2.18. The van der Waals surface area contributed by atoms with Gasteiger partial charge in [0.15, 0.2) is 5.16 Å². The molecule has 1 saturated carbocycles. The van der Waals surface area contributed by atoms with Crippen LogP contribution in [0.3, 0.4) is 0 Å². The molecule has 0 aliphatic heterocycles. The molecule has 13 heavy (non-hydrogen) atoms. The van der Waals surface area contributed by atoms with Crippen molar-refractivity contribution < 1.29 is 4.79 Å². The van der Waals surface area contributed by atoms with Gasteiger partial charge in [0.2, 0.25) is 0 Å². The molecule has 0 bridgehead atoms. The molecule has 1 unspecified atom stereocenters. The molecule has 0 aromatic carbocycles. The van der Waals surface area contributed by atoms with Crippen LogP contribution in [0.15, 0.2) is 11.5 Å². The highest BCUT2D eigenvalue weighted by Gasteiger charge is 2.20. The number of carbonyl (C=O) groups is 1. The van der Waals surface area contributed by atoms with Crippen LogP contribution in [-0.2, 0) is 4.79 Å². The standard InChI is InChI=1S/C8H11N3OS/c12-6-2-1-3-7(4-6)13-8-9-5-10-11-8/h5,7H,1-4H2,(H,9,10,11). The number of rotatable bonds is 2. The fraction of sp³-hybridized carbons (Fsp3) is 0.625. The van der Waals surface area contributed by atoms with Crippen LogP contribution in [0.5, 0.6) is 0 Å². The van der Waals surface area contributed by atoms with Crippen molar-refractivity contribution >= 4 is 17.5 Å². The van der Waals surface area contributed by atoms with E-state index in [0.717, 1.165) is 24.4 Å². The molecule has 1 heterocycles. The molecule has 1 atom stereocenters. The zero-order valence-electron chi connectivity index (χ0n) is 7.19. The van der Waals surface area contributed by atoms with E-state index in [1.807, 2.05) is 0 Å². The van der Waals surface area contributed by atoms with Crippen LogP contribution < -0.4 is 0 Å². The van der Waals surface area contributed by atoms with Crippen LogP contribution in [0.25, 0.3) is 0 Å². The molecule has 0 spiro atoms. The minimum absolute atomic E-state index is 0.378.